The summed E-state index contributed by atoms with van der Waals surface area (Å²) in [6, 6.07) is 9.94. The zero-order chi connectivity index (χ0) is 13.2. The van der Waals surface area contributed by atoms with Gasteiger partial charge in [-0.2, -0.15) is 0 Å². The summed E-state index contributed by atoms with van der Waals surface area (Å²) in [7, 11) is 0. The molecular formula is C16H18OSe. The molecule has 0 N–H and O–H groups in total. The summed E-state index contributed by atoms with van der Waals surface area (Å²) in [6.45, 7) is 5.55. The fraction of sp³-hybridized carbons (Fsp3) is 0.250. The first-order valence-corrected chi connectivity index (χ1v) is 7.72. The fourth-order valence-electron chi connectivity index (χ4n) is 1.49. The monoisotopic (exact) mass is 306 g/mol. The van der Waals surface area contributed by atoms with Gasteiger partial charge in [0.25, 0.3) is 0 Å². The molecule has 0 heterocycles. The van der Waals surface area contributed by atoms with Crippen LogP contribution in [0.2, 0.25) is 0 Å². The van der Waals surface area contributed by atoms with Gasteiger partial charge in [0.2, 0.25) is 0 Å². The average Bonchev–Trinajstić information content (AvgIpc) is 2.35. The van der Waals surface area contributed by atoms with E-state index in [4.69, 9.17) is 0 Å². The van der Waals surface area contributed by atoms with Crippen molar-refractivity contribution in [3.05, 3.63) is 60.4 Å². The summed E-state index contributed by atoms with van der Waals surface area (Å²) < 4.78 is 1.37. The van der Waals surface area contributed by atoms with Crippen LogP contribution in [0.15, 0.2) is 60.4 Å². The average molecular weight is 305 g/mol. The van der Waals surface area contributed by atoms with E-state index in [1.165, 1.54) is 0 Å². The van der Waals surface area contributed by atoms with Crippen LogP contribution >= 0.6 is 0 Å². The van der Waals surface area contributed by atoms with Crippen LogP contribution in [0.5, 0.6) is 0 Å². The summed E-state index contributed by atoms with van der Waals surface area (Å²) in [5, 5.41) is 0. The molecule has 0 aliphatic heterocycles. The maximum absolute atomic E-state index is 11.8. The summed E-state index contributed by atoms with van der Waals surface area (Å²) in [5.74, 6) is 0. The minimum absolute atomic E-state index is 0.0937. The maximum atomic E-state index is 11.8. The number of hydrogen-bond donors (Lipinski definition) is 0. The normalized spacial score (nSPS) is 10.8. The molecule has 0 spiro atoms. The molecule has 0 fully saturated rings. The van der Waals surface area contributed by atoms with Crippen molar-refractivity contribution in [3.8, 4) is 0 Å². The molecule has 0 saturated carbocycles. The number of carbonyl (C=O) groups is 1. The Kier molecular flexibility index (Phi) is 7.13. The van der Waals surface area contributed by atoms with E-state index >= 15 is 0 Å². The van der Waals surface area contributed by atoms with E-state index in [-0.39, 0.29) is 19.6 Å². The third kappa shape index (κ3) is 6.42. The van der Waals surface area contributed by atoms with Gasteiger partial charge in [-0.15, -0.1) is 0 Å². The van der Waals surface area contributed by atoms with Crippen molar-refractivity contribution in [1.82, 2.24) is 0 Å². The number of rotatable bonds is 7. The Morgan fingerprint density at radius 3 is 2.78 bits per heavy atom. The van der Waals surface area contributed by atoms with E-state index in [9.17, 15) is 4.79 Å². The molecule has 1 aromatic carbocycles. The van der Waals surface area contributed by atoms with Gasteiger partial charge in [-0.1, -0.05) is 0 Å². The van der Waals surface area contributed by atoms with Crippen LogP contribution in [0.3, 0.4) is 0 Å². The van der Waals surface area contributed by atoms with E-state index in [2.05, 4.69) is 12.3 Å². The fourth-order valence-corrected chi connectivity index (χ4v) is 3.14. The second-order valence-corrected chi connectivity index (χ2v) is 6.29. The van der Waals surface area contributed by atoms with Crippen molar-refractivity contribution in [2.45, 2.75) is 26.2 Å². The van der Waals surface area contributed by atoms with Crippen molar-refractivity contribution in [3.63, 3.8) is 0 Å². The van der Waals surface area contributed by atoms with Crippen molar-refractivity contribution in [2.24, 2.45) is 0 Å². The summed E-state index contributed by atoms with van der Waals surface area (Å²) >= 11 is -0.0937. The van der Waals surface area contributed by atoms with E-state index in [0.29, 0.717) is 0 Å². The van der Waals surface area contributed by atoms with Gasteiger partial charge in [0.15, 0.2) is 0 Å². The molecule has 1 aromatic rings. The van der Waals surface area contributed by atoms with Crippen LogP contribution in [-0.2, 0) is 4.79 Å². The van der Waals surface area contributed by atoms with Gasteiger partial charge in [0.1, 0.15) is 0 Å². The summed E-state index contributed by atoms with van der Waals surface area (Å²) in [5.41, 5.74) is 3.92. The van der Waals surface area contributed by atoms with Crippen LogP contribution in [0.25, 0.3) is 0 Å². The molecular weight excluding hydrogens is 287 g/mol. The van der Waals surface area contributed by atoms with Gasteiger partial charge in [0, 0.05) is 0 Å². The molecule has 0 aliphatic rings. The first-order valence-electron chi connectivity index (χ1n) is 6.00. The second-order valence-electron chi connectivity index (χ2n) is 4.03. The Morgan fingerprint density at radius 1 is 1.39 bits per heavy atom. The number of hydrogen-bond acceptors (Lipinski definition) is 1. The number of carbonyl (C=O) groups excluding carboxylic acids is 1. The van der Waals surface area contributed by atoms with E-state index < -0.39 is 0 Å². The predicted octanol–water partition coefficient (Wildman–Crippen LogP) is 3.00. The van der Waals surface area contributed by atoms with Gasteiger partial charge >= 0.3 is 115 Å². The first kappa shape index (κ1) is 14.7. The molecule has 0 amide bonds. The Hall–Kier alpha value is -1.33. The first-order chi connectivity index (χ1) is 8.72. The zero-order valence-corrected chi connectivity index (χ0v) is 12.4. The number of benzene rings is 1. The van der Waals surface area contributed by atoms with Crippen LogP contribution in [-0.4, -0.2) is 19.6 Å². The standard InChI is InChI=1S/C16H18OSe/c1-3-4-5-7-10-14(2)13-16(17)18-15-11-8-6-9-12-15/h4,6,8-9,11-13H,1,5,7,10H2,2H3/b14-13+. The molecule has 0 radical (unpaired) electrons. The predicted molar refractivity (Wildman–Crippen MR) is 78.2 cm³/mol. The molecule has 0 unspecified atom stereocenters. The number of unbranched alkanes of at least 4 members (excludes halogenated alkanes) is 1. The van der Waals surface area contributed by atoms with E-state index in [0.717, 1.165) is 29.3 Å². The molecule has 0 saturated heterocycles. The second kappa shape index (κ2) is 8.72. The topological polar surface area (TPSA) is 17.1 Å². The Labute approximate surface area is 115 Å². The van der Waals surface area contributed by atoms with E-state index in [1.807, 2.05) is 43.3 Å². The molecule has 2 heteroatoms. The van der Waals surface area contributed by atoms with Crippen LogP contribution in [0.4, 0.5) is 0 Å². The van der Waals surface area contributed by atoms with Crippen molar-refractivity contribution >= 4 is 24.1 Å². The Balaban J connectivity index is 2.40. The van der Waals surface area contributed by atoms with Crippen LogP contribution in [0.1, 0.15) is 26.2 Å². The minimum atomic E-state index is -0.0937. The third-order valence-electron chi connectivity index (χ3n) is 2.39. The summed E-state index contributed by atoms with van der Waals surface area (Å²) in [6.07, 6.45) is 6.73. The molecule has 18 heavy (non-hydrogen) atoms. The SMILES string of the molecule is C=C=CCCC/C(C)=C/C(=O)[Se]c1ccccc1. The van der Waals surface area contributed by atoms with E-state index in [1.54, 1.807) is 6.08 Å². The van der Waals surface area contributed by atoms with Gasteiger partial charge < -0.3 is 0 Å². The molecule has 0 aliphatic carbocycles. The van der Waals surface area contributed by atoms with Gasteiger partial charge in [-0.3, -0.25) is 0 Å². The van der Waals surface area contributed by atoms with Crippen molar-refractivity contribution in [1.29, 1.82) is 0 Å². The Bertz CT molecular complexity index is 453. The zero-order valence-electron chi connectivity index (χ0n) is 10.7. The molecule has 0 aromatic heterocycles. The number of allylic oxidation sites excluding steroid dienone is 3. The quantitative estimate of drug-likeness (QED) is 0.327. The van der Waals surface area contributed by atoms with Crippen molar-refractivity contribution in [2.75, 3.05) is 0 Å². The van der Waals surface area contributed by atoms with Crippen molar-refractivity contribution < 1.29 is 4.79 Å². The van der Waals surface area contributed by atoms with Gasteiger partial charge in [-0.05, 0) is 0 Å². The van der Waals surface area contributed by atoms with Gasteiger partial charge in [-0.25, -0.2) is 0 Å². The molecule has 1 rings (SSSR count). The summed E-state index contributed by atoms with van der Waals surface area (Å²) in [4.78, 5) is 11.8. The molecule has 0 atom stereocenters. The Morgan fingerprint density at radius 2 is 2.11 bits per heavy atom. The van der Waals surface area contributed by atoms with Crippen LogP contribution < -0.4 is 4.46 Å². The van der Waals surface area contributed by atoms with Crippen LogP contribution in [0, 0.1) is 0 Å². The molecule has 1 nitrogen and oxygen atoms in total. The molecule has 94 valence electrons. The van der Waals surface area contributed by atoms with Gasteiger partial charge in [0.05, 0.1) is 0 Å². The third-order valence-corrected chi connectivity index (χ3v) is 4.12. The molecule has 0 bridgehead atoms.